The predicted molar refractivity (Wildman–Crippen MR) is 104 cm³/mol. The van der Waals surface area contributed by atoms with Gasteiger partial charge in [-0.2, -0.15) is 0 Å². The van der Waals surface area contributed by atoms with Gasteiger partial charge < -0.3 is 4.43 Å². The van der Waals surface area contributed by atoms with Gasteiger partial charge in [-0.05, 0) is 23.2 Å². The largest absolute Gasteiger partial charge is 0.513 e. The first-order valence-electron chi connectivity index (χ1n) is 8.62. The van der Waals surface area contributed by atoms with Crippen molar-refractivity contribution in [2.45, 2.75) is 32.6 Å². The van der Waals surface area contributed by atoms with Crippen LogP contribution < -0.4 is 10.4 Å². The van der Waals surface area contributed by atoms with E-state index < -0.39 is 9.04 Å². The lowest BCUT2D eigenvalue weighted by molar-refractivity contribution is -0.139. The standard InChI is InChI=1S/C20H25ClO2Si/c1-2-3-10-17(15-16-21)20(22)23-24(18-11-6-4-7-12-18)19-13-8-5-9-14-19/h4-9,11-14,17,24H,2-3,10,15-16H2,1H3. The summed E-state index contributed by atoms with van der Waals surface area (Å²) in [6.45, 7) is 2.13. The molecule has 0 radical (unpaired) electrons. The third kappa shape index (κ3) is 5.50. The number of benzene rings is 2. The molecule has 0 bridgehead atoms. The Morgan fingerprint density at radius 3 is 2.00 bits per heavy atom. The first-order chi connectivity index (χ1) is 11.8. The first kappa shape index (κ1) is 18.8. The maximum Gasteiger partial charge on any atom is 0.302 e. The average molecular weight is 361 g/mol. The smallest absolute Gasteiger partial charge is 0.302 e. The van der Waals surface area contributed by atoms with Gasteiger partial charge in [0, 0.05) is 5.88 Å². The van der Waals surface area contributed by atoms with Gasteiger partial charge in [0.25, 0.3) is 5.97 Å². The molecule has 1 atom stereocenters. The summed E-state index contributed by atoms with van der Waals surface area (Å²) >= 11 is 5.89. The lowest BCUT2D eigenvalue weighted by atomic mass is 10.00. The molecule has 0 saturated carbocycles. The highest BCUT2D eigenvalue weighted by Crippen LogP contribution is 2.16. The molecule has 2 nitrogen and oxygen atoms in total. The van der Waals surface area contributed by atoms with Crippen LogP contribution in [0, 0.1) is 5.92 Å². The maximum atomic E-state index is 12.7. The number of rotatable bonds is 9. The molecule has 0 aliphatic rings. The normalized spacial score (nSPS) is 12.1. The van der Waals surface area contributed by atoms with E-state index in [1.165, 1.54) is 0 Å². The Bertz CT molecular complexity index is 564. The van der Waals surface area contributed by atoms with Crippen molar-refractivity contribution in [2.24, 2.45) is 5.92 Å². The molecule has 0 aliphatic carbocycles. The van der Waals surface area contributed by atoms with E-state index in [0.717, 1.165) is 29.6 Å². The van der Waals surface area contributed by atoms with Crippen LogP contribution in [0.1, 0.15) is 32.6 Å². The van der Waals surface area contributed by atoms with Gasteiger partial charge in [-0.1, -0.05) is 80.4 Å². The second kappa shape index (κ2) is 10.3. The van der Waals surface area contributed by atoms with Crippen LogP contribution in [0.3, 0.4) is 0 Å². The quantitative estimate of drug-likeness (QED) is 0.505. The molecule has 0 N–H and O–H groups in total. The molecule has 2 rings (SSSR count). The summed E-state index contributed by atoms with van der Waals surface area (Å²) in [6, 6.07) is 20.2. The zero-order valence-corrected chi connectivity index (χ0v) is 16.1. The SMILES string of the molecule is CCCCC(CCCl)C(=O)O[SiH](c1ccccc1)c1ccccc1. The second-order valence-corrected chi connectivity index (χ2v) is 8.66. The van der Waals surface area contributed by atoms with Crippen molar-refractivity contribution in [1.29, 1.82) is 0 Å². The summed E-state index contributed by atoms with van der Waals surface area (Å²) in [4.78, 5) is 12.7. The van der Waals surface area contributed by atoms with Gasteiger partial charge >= 0.3 is 9.04 Å². The number of hydrogen-bond acceptors (Lipinski definition) is 2. The average Bonchev–Trinajstić information content (AvgIpc) is 2.64. The van der Waals surface area contributed by atoms with Crippen LogP contribution in [-0.4, -0.2) is 20.9 Å². The highest BCUT2D eigenvalue weighted by atomic mass is 35.5. The van der Waals surface area contributed by atoms with Gasteiger partial charge in [-0.15, -0.1) is 11.6 Å². The van der Waals surface area contributed by atoms with Gasteiger partial charge in [0.2, 0.25) is 0 Å². The number of alkyl halides is 1. The third-order valence-corrected chi connectivity index (χ3v) is 6.80. The fourth-order valence-electron chi connectivity index (χ4n) is 2.76. The molecular weight excluding hydrogens is 336 g/mol. The maximum absolute atomic E-state index is 12.7. The molecule has 4 heteroatoms. The first-order valence-corrected chi connectivity index (χ1v) is 10.8. The second-order valence-electron chi connectivity index (χ2n) is 5.96. The van der Waals surface area contributed by atoms with Crippen LogP contribution in [0.2, 0.25) is 0 Å². The molecule has 0 heterocycles. The lowest BCUT2D eigenvalue weighted by Crippen LogP contribution is -2.47. The lowest BCUT2D eigenvalue weighted by Gasteiger charge is -2.21. The van der Waals surface area contributed by atoms with Gasteiger partial charge in [0.05, 0.1) is 5.92 Å². The van der Waals surface area contributed by atoms with E-state index in [4.69, 9.17) is 16.0 Å². The molecule has 2 aromatic carbocycles. The molecule has 0 aromatic heterocycles. The summed E-state index contributed by atoms with van der Waals surface area (Å²) in [6.07, 6.45) is 3.64. The van der Waals surface area contributed by atoms with Gasteiger partial charge in [0.15, 0.2) is 0 Å². The Kier molecular flexibility index (Phi) is 8.06. The van der Waals surface area contributed by atoms with Crippen molar-refractivity contribution in [1.82, 2.24) is 0 Å². The Morgan fingerprint density at radius 2 is 1.54 bits per heavy atom. The number of carbonyl (C=O) groups is 1. The number of halogens is 1. The predicted octanol–water partition coefficient (Wildman–Crippen LogP) is 3.50. The summed E-state index contributed by atoms with van der Waals surface area (Å²) in [7, 11) is -2.02. The van der Waals surface area contributed by atoms with Crippen molar-refractivity contribution in [2.75, 3.05) is 5.88 Å². The van der Waals surface area contributed by atoms with Crippen LogP contribution in [0.25, 0.3) is 0 Å². The topological polar surface area (TPSA) is 26.3 Å². The summed E-state index contributed by atoms with van der Waals surface area (Å²) < 4.78 is 6.08. The minimum Gasteiger partial charge on any atom is -0.513 e. The molecule has 0 saturated heterocycles. The van der Waals surface area contributed by atoms with Gasteiger partial charge in [0.1, 0.15) is 0 Å². The zero-order chi connectivity index (χ0) is 17.2. The van der Waals surface area contributed by atoms with E-state index in [2.05, 4.69) is 31.2 Å². The van der Waals surface area contributed by atoms with Crippen molar-refractivity contribution >= 4 is 37.0 Å². The Hall–Kier alpha value is -1.58. The molecular formula is C20H25ClO2Si. The van der Waals surface area contributed by atoms with Crippen LogP contribution in [-0.2, 0) is 9.22 Å². The van der Waals surface area contributed by atoms with Crippen molar-refractivity contribution in [3.05, 3.63) is 60.7 Å². The molecule has 1 unspecified atom stereocenters. The fourth-order valence-corrected chi connectivity index (χ4v) is 5.25. The highest BCUT2D eigenvalue weighted by Gasteiger charge is 2.26. The van der Waals surface area contributed by atoms with Crippen molar-refractivity contribution in [3.8, 4) is 0 Å². The molecule has 0 spiro atoms. The van der Waals surface area contributed by atoms with Crippen molar-refractivity contribution < 1.29 is 9.22 Å². The molecule has 0 fully saturated rings. The van der Waals surface area contributed by atoms with Gasteiger partial charge in [-0.3, -0.25) is 4.79 Å². The number of carbonyl (C=O) groups excluding carboxylic acids is 1. The summed E-state index contributed by atoms with van der Waals surface area (Å²) in [5.74, 6) is 0.310. The van der Waals surface area contributed by atoms with Gasteiger partial charge in [-0.25, -0.2) is 0 Å². The minimum absolute atomic E-state index is 0.0894. The van der Waals surface area contributed by atoms with E-state index >= 15 is 0 Å². The van der Waals surface area contributed by atoms with E-state index in [0.29, 0.717) is 12.3 Å². The Morgan fingerprint density at radius 1 is 1.00 bits per heavy atom. The van der Waals surface area contributed by atoms with Crippen LogP contribution in [0.5, 0.6) is 0 Å². The summed E-state index contributed by atoms with van der Waals surface area (Å²) in [5, 5.41) is 2.24. The van der Waals surface area contributed by atoms with Crippen molar-refractivity contribution in [3.63, 3.8) is 0 Å². The van der Waals surface area contributed by atoms with E-state index in [-0.39, 0.29) is 11.9 Å². The zero-order valence-electron chi connectivity index (χ0n) is 14.2. The fraction of sp³-hybridized carbons (Fsp3) is 0.350. The molecule has 0 amide bonds. The van der Waals surface area contributed by atoms with E-state index in [1.807, 2.05) is 36.4 Å². The Labute approximate surface area is 151 Å². The molecule has 128 valence electrons. The van der Waals surface area contributed by atoms with E-state index in [1.54, 1.807) is 0 Å². The Balaban J connectivity index is 2.20. The highest BCUT2D eigenvalue weighted by molar-refractivity contribution is 6.81. The summed E-state index contributed by atoms with van der Waals surface area (Å²) in [5.41, 5.74) is 0. The molecule has 2 aromatic rings. The monoisotopic (exact) mass is 360 g/mol. The minimum atomic E-state index is -2.02. The van der Waals surface area contributed by atoms with Crippen LogP contribution in [0.15, 0.2) is 60.7 Å². The van der Waals surface area contributed by atoms with Crippen LogP contribution in [0.4, 0.5) is 0 Å². The third-order valence-electron chi connectivity index (χ3n) is 4.14. The van der Waals surface area contributed by atoms with E-state index in [9.17, 15) is 4.79 Å². The number of unbranched alkanes of at least 4 members (excludes halogenated alkanes) is 1. The molecule has 0 aliphatic heterocycles. The number of hydrogen-bond donors (Lipinski definition) is 0. The molecule has 24 heavy (non-hydrogen) atoms. The van der Waals surface area contributed by atoms with Crippen LogP contribution >= 0.6 is 11.6 Å².